The summed E-state index contributed by atoms with van der Waals surface area (Å²) >= 11 is 5.31. The van der Waals surface area contributed by atoms with E-state index in [-0.39, 0.29) is 6.10 Å². The largest absolute Gasteiger partial charge is 0.489 e. The van der Waals surface area contributed by atoms with Crippen molar-refractivity contribution in [2.45, 2.75) is 25.6 Å². The van der Waals surface area contributed by atoms with Crippen LogP contribution in [-0.2, 0) is 11.3 Å². The summed E-state index contributed by atoms with van der Waals surface area (Å²) in [4.78, 5) is 0. The molecule has 0 aliphatic carbocycles. The van der Waals surface area contributed by atoms with E-state index in [1.807, 2.05) is 54.6 Å². The number of nitrogens with one attached hydrogen (secondary N) is 2. The van der Waals surface area contributed by atoms with Crippen molar-refractivity contribution in [1.29, 1.82) is 0 Å². The molecule has 3 rings (SSSR count). The molecule has 0 saturated carbocycles. The molecule has 0 unspecified atom stereocenters. The predicted octanol–water partition coefficient (Wildman–Crippen LogP) is 3.73. The minimum Gasteiger partial charge on any atom is -0.489 e. The van der Waals surface area contributed by atoms with Gasteiger partial charge in [-0.3, -0.25) is 0 Å². The minimum atomic E-state index is 0.276. The molecule has 1 fully saturated rings. The average molecular weight is 342 g/mol. The van der Waals surface area contributed by atoms with Gasteiger partial charge in [-0.05, 0) is 54.9 Å². The lowest BCUT2D eigenvalue weighted by Gasteiger charge is -2.14. The zero-order valence-electron chi connectivity index (χ0n) is 13.5. The fraction of sp³-hybridized carbons (Fsp3) is 0.316. The van der Waals surface area contributed by atoms with Crippen molar-refractivity contribution in [3.05, 3.63) is 60.2 Å². The van der Waals surface area contributed by atoms with Gasteiger partial charge in [0.25, 0.3) is 0 Å². The molecule has 1 heterocycles. The summed E-state index contributed by atoms with van der Waals surface area (Å²) in [5, 5.41) is 6.99. The highest BCUT2D eigenvalue weighted by molar-refractivity contribution is 7.80. The maximum Gasteiger partial charge on any atom is 0.170 e. The molecule has 1 aliphatic heterocycles. The Morgan fingerprint density at radius 1 is 1.12 bits per heavy atom. The summed E-state index contributed by atoms with van der Waals surface area (Å²) in [5.41, 5.74) is 2.09. The SMILES string of the molecule is S=C(NC[C@@H]1CCCO1)Nc1ccc(OCc2ccccc2)cc1. The van der Waals surface area contributed by atoms with E-state index in [2.05, 4.69) is 10.6 Å². The van der Waals surface area contributed by atoms with E-state index >= 15 is 0 Å². The molecule has 4 nitrogen and oxygen atoms in total. The van der Waals surface area contributed by atoms with E-state index in [4.69, 9.17) is 21.7 Å². The van der Waals surface area contributed by atoms with Crippen molar-refractivity contribution in [1.82, 2.24) is 5.32 Å². The van der Waals surface area contributed by atoms with Gasteiger partial charge in [-0.1, -0.05) is 30.3 Å². The van der Waals surface area contributed by atoms with Crippen LogP contribution in [0.2, 0.25) is 0 Å². The molecule has 0 radical (unpaired) electrons. The van der Waals surface area contributed by atoms with Gasteiger partial charge in [-0.2, -0.15) is 0 Å². The number of thiocarbonyl (C=S) groups is 1. The highest BCUT2D eigenvalue weighted by Crippen LogP contribution is 2.17. The summed E-state index contributed by atoms with van der Waals surface area (Å²) in [6, 6.07) is 17.9. The zero-order valence-corrected chi connectivity index (χ0v) is 14.4. The van der Waals surface area contributed by atoms with Crippen LogP contribution in [0.5, 0.6) is 5.75 Å². The van der Waals surface area contributed by atoms with Crippen molar-refractivity contribution in [2.24, 2.45) is 0 Å². The van der Waals surface area contributed by atoms with Crippen molar-refractivity contribution < 1.29 is 9.47 Å². The molecule has 5 heteroatoms. The molecule has 1 atom stereocenters. The number of rotatable bonds is 6. The van der Waals surface area contributed by atoms with E-state index in [1.54, 1.807) is 0 Å². The average Bonchev–Trinajstić information content (AvgIpc) is 3.14. The van der Waals surface area contributed by atoms with Crippen LogP contribution in [0, 0.1) is 0 Å². The molecule has 2 N–H and O–H groups in total. The Bertz CT molecular complexity index is 640. The summed E-state index contributed by atoms with van der Waals surface area (Å²) < 4.78 is 11.3. The number of benzene rings is 2. The first-order chi connectivity index (χ1) is 11.8. The van der Waals surface area contributed by atoms with Crippen LogP contribution in [-0.4, -0.2) is 24.4 Å². The Kier molecular flexibility index (Phi) is 6.04. The molecule has 2 aromatic rings. The van der Waals surface area contributed by atoms with E-state index in [1.165, 1.54) is 0 Å². The lowest BCUT2D eigenvalue weighted by molar-refractivity contribution is 0.114. The second-order valence-corrected chi connectivity index (χ2v) is 6.18. The molecule has 126 valence electrons. The van der Waals surface area contributed by atoms with Crippen LogP contribution in [0.25, 0.3) is 0 Å². The monoisotopic (exact) mass is 342 g/mol. The lowest BCUT2D eigenvalue weighted by Crippen LogP contribution is -2.34. The molecule has 0 spiro atoms. The molecule has 0 amide bonds. The Hall–Kier alpha value is -2.11. The summed E-state index contributed by atoms with van der Waals surface area (Å²) in [6.45, 7) is 2.18. The fourth-order valence-corrected chi connectivity index (χ4v) is 2.76. The van der Waals surface area contributed by atoms with E-state index < -0.39 is 0 Å². The molecule has 24 heavy (non-hydrogen) atoms. The lowest BCUT2D eigenvalue weighted by atomic mass is 10.2. The van der Waals surface area contributed by atoms with Gasteiger partial charge in [0.2, 0.25) is 0 Å². The number of anilines is 1. The van der Waals surface area contributed by atoms with Crippen LogP contribution in [0.4, 0.5) is 5.69 Å². The Labute approximate surface area is 148 Å². The Balaban J connectivity index is 1.42. The van der Waals surface area contributed by atoms with Gasteiger partial charge < -0.3 is 20.1 Å². The van der Waals surface area contributed by atoms with Crippen LogP contribution in [0.15, 0.2) is 54.6 Å². The number of hydrogen-bond donors (Lipinski definition) is 2. The number of hydrogen-bond acceptors (Lipinski definition) is 3. The normalized spacial score (nSPS) is 16.6. The molecule has 0 bridgehead atoms. The standard InChI is InChI=1S/C19H22N2O2S/c24-19(20-13-18-7-4-12-22-18)21-16-8-10-17(11-9-16)23-14-15-5-2-1-3-6-15/h1-3,5-6,8-11,18H,4,7,12-14H2,(H2,20,21,24)/t18-/m0/s1. The van der Waals surface area contributed by atoms with Crippen LogP contribution >= 0.6 is 12.2 Å². The van der Waals surface area contributed by atoms with Gasteiger partial charge in [0.1, 0.15) is 12.4 Å². The van der Waals surface area contributed by atoms with Gasteiger partial charge in [0.05, 0.1) is 6.10 Å². The molecule has 2 aromatic carbocycles. The molecular weight excluding hydrogens is 320 g/mol. The molecular formula is C19H22N2O2S. The third-order valence-electron chi connectivity index (χ3n) is 3.87. The Morgan fingerprint density at radius 2 is 1.92 bits per heavy atom. The van der Waals surface area contributed by atoms with Crippen molar-refractivity contribution in [3.8, 4) is 5.75 Å². The smallest absolute Gasteiger partial charge is 0.170 e. The van der Waals surface area contributed by atoms with Crippen molar-refractivity contribution >= 4 is 23.0 Å². The van der Waals surface area contributed by atoms with Crippen molar-refractivity contribution in [2.75, 3.05) is 18.5 Å². The highest BCUT2D eigenvalue weighted by Gasteiger charge is 2.15. The summed E-state index contributed by atoms with van der Waals surface area (Å²) in [6.07, 6.45) is 2.51. The predicted molar refractivity (Wildman–Crippen MR) is 100 cm³/mol. The van der Waals surface area contributed by atoms with Gasteiger partial charge in [0.15, 0.2) is 5.11 Å². The van der Waals surface area contributed by atoms with Crippen LogP contribution in [0.3, 0.4) is 0 Å². The molecule has 0 aromatic heterocycles. The van der Waals surface area contributed by atoms with Gasteiger partial charge in [-0.25, -0.2) is 0 Å². The van der Waals surface area contributed by atoms with Gasteiger partial charge in [0, 0.05) is 18.8 Å². The molecule has 1 saturated heterocycles. The Morgan fingerprint density at radius 3 is 2.62 bits per heavy atom. The maximum atomic E-state index is 5.77. The van der Waals surface area contributed by atoms with E-state index in [0.29, 0.717) is 11.7 Å². The second-order valence-electron chi connectivity index (χ2n) is 5.77. The first-order valence-corrected chi connectivity index (χ1v) is 8.64. The fourth-order valence-electron chi connectivity index (χ4n) is 2.56. The van der Waals surface area contributed by atoms with E-state index in [9.17, 15) is 0 Å². The topological polar surface area (TPSA) is 42.5 Å². The maximum absolute atomic E-state index is 5.77. The first-order valence-electron chi connectivity index (χ1n) is 8.23. The van der Waals surface area contributed by atoms with Gasteiger partial charge in [-0.15, -0.1) is 0 Å². The highest BCUT2D eigenvalue weighted by atomic mass is 32.1. The van der Waals surface area contributed by atoms with E-state index in [0.717, 1.165) is 43.0 Å². The first kappa shape index (κ1) is 16.7. The summed E-state index contributed by atoms with van der Waals surface area (Å²) in [7, 11) is 0. The number of ether oxygens (including phenoxy) is 2. The second kappa shape index (κ2) is 8.66. The quantitative estimate of drug-likeness (QED) is 0.783. The third-order valence-corrected chi connectivity index (χ3v) is 4.12. The van der Waals surface area contributed by atoms with Crippen LogP contribution < -0.4 is 15.4 Å². The van der Waals surface area contributed by atoms with Crippen LogP contribution in [0.1, 0.15) is 18.4 Å². The van der Waals surface area contributed by atoms with Gasteiger partial charge >= 0.3 is 0 Å². The zero-order chi connectivity index (χ0) is 16.6. The summed E-state index contributed by atoms with van der Waals surface area (Å²) in [5.74, 6) is 0.836. The minimum absolute atomic E-state index is 0.276. The molecule has 1 aliphatic rings. The van der Waals surface area contributed by atoms with Crippen molar-refractivity contribution in [3.63, 3.8) is 0 Å². The third kappa shape index (κ3) is 5.22.